The van der Waals surface area contributed by atoms with Crippen LogP contribution in [-0.4, -0.2) is 27.8 Å². The molecule has 0 aromatic carbocycles. The molecule has 2 aromatic heterocycles. The van der Waals surface area contributed by atoms with Crippen LogP contribution >= 0.6 is 0 Å². The first-order chi connectivity index (χ1) is 9.13. The second-order valence-corrected chi connectivity index (χ2v) is 3.72. The van der Waals surface area contributed by atoms with Crippen LogP contribution in [0.2, 0.25) is 0 Å². The number of aromatic nitrogens is 3. The summed E-state index contributed by atoms with van der Waals surface area (Å²) in [7, 11) is 3.25. The second-order valence-electron chi connectivity index (χ2n) is 3.72. The zero-order valence-electron chi connectivity index (χ0n) is 10.5. The summed E-state index contributed by atoms with van der Waals surface area (Å²) in [6, 6.07) is 4.74. The van der Waals surface area contributed by atoms with Crippen molar-refractivity contribution >= 4 is 17.5 Å². The number of pyridine rings is 1. The molecule has 0 saturated carbocycles. The maximum absolute atomic E-state index is 12.0. The van der Waals surface area contributed by atoms with Gasteiger partial charge in [0.2, 0.25) is 5.88 Å². The van der Waals surface area contributed by atoms with Crippen LogP contribution in [-0.2, 0) is 7.05 Å². The average Bonchev–Trinajstić information content (AvgIpc) is 2.78. The van der Waals surface area contributed by atoms with E-state index in [1.807, 2.05) is 0 Å². The van der Waals surface area contributed by atoms with Gasteiger partial charge in [-0.1, -0.05) is 0 Å². The average molecular weight is 262 g/mol. The minimum Gasteiger partial charge on any atom is -0.481 e. The highest BCUT2D eigenvalue weighted by Gasteiger charge is 2.11. The van der Waals surface area contributed by atoms with E-state index < -0.39 is 0 Å². The van der Waals surface area contributed by atoms with Crippen LogP contribution in [0.1, 0.15) is 10.4 Å². The molecule has 100 valence electrons. The zero-order valence-corrected chi connectivity index (χ0v) is 10.5. The van der Waals surface area contributed by atoms with E-state index in [1.165, 1.54) is 24.1 Å². The Morgan fingerprint density at radius 3 is 2.84 bits per heavy atom. The Bertz CT molecular complexity index is 595. The number of hydrogen-bond donors (Lipinski definition) is 3. The largest absolute Gasteiger partial charge is 0.481 e. The Balaban J connectivity index is 2.15. The quantitative estimate of drug-likeness (QED) is 0.542. The number of nitrogen functional groups attached to an aromatic ring is 1. The van der Waals surface area contributed by atoms with E-state index in [0.717, 1.165) is 0 Å². The van der Waals surface area contributed by atoms with E-state index in [2.05, 4.69) is 20.8 Å². The number of rotatable bonds is 4. The number of carbonyl (C=O) groups is 1. The van der Waals surface area contributed by atoms with Crippen LogP contribution in [0.25, 0.3) is 0 Å². The van der Waals surface area contributed by atoms with Gasteiger partial charge in [-0.15, -0.1) is 0 Å². The molecule has 0 aliphatic carbocycles. The number of hydrazine groups is 1. The monoisotopic (exact) mass is 262 g/mol. The lowest BCUT2D eigenvalue weighted by Gasteiger charge is -2.03. The van der Waals surface area contributed by atoms with E-state index in [0.29, 0.717) is 23.1 Å². The number of nitrogens with two attached hydrogens (primary N) is 1. The number of aryl methyl sites for hydroxylation is 1. The van der Waals surface area contributed by atoms with Crippen LogP contribution in [0, 0.1) is 0 Å². The molecule has 0 saturated heterocycles. The SMILES string of the molecule is COc1cc(NC(=O)c2ccnc(NN)c2)nn1C. The number of amides is 1. The van der Waals surface area contributed by atoms with Gasteiger partial charge in [-0.05, 0) is 12.1 Å². The smallest absolute Gasteiger partial charge is 0.257 e. The van der Waals surface area contributed by atoms with Gasteiger partial charge >= 0.3 is 0 Å². The Labute approximate surface area is 109 Å². The van der Waals surface area contributed by atoms with Gasteiger partial charge in [0.05, 0.1) is 7.11 Å². The molecule has 8 nitrogen and oxygen atoms in total. The van der Waals surface area contributed by atoms with E-state index >= 15 is 0 Å². The van der Waals surface area contributed by atoms with Crippen molar-refractivity contribution in [2.45, 2.75) is 0 Å². The minimum absolute atomic E-state index is 0.306. The van der Waals surface area contributed by atoms with Crippen LogP contribution < -0.4 is 21.3 Å². The summed E-state index contributed by atoms with van der Waals surface area (Å²) in [5, 5.41) is 6.75. The molecule has 0 spiro atoms. The number of anilines is 2. The van der Waals surface area contributed by atoms with Gasteiger partial charge < -0.3 is 15.5 Å². The molecule has 2 aromatic rings. The number of methoxy groups -OCH3 is 1. The van der Waals surface area contributed by atoms with Gasteiger partial charge in [-0.3, -0.25) is 4.79 Å². The van der Waals surface area contributed by atoms with Gasteiger partial charge in [-0.25, -0.2) is 15.5 Å². The fourth-order valence-electron chi connectivity index (χ4n) is 1.54. The van der Waals surface area contributed by atoms with Crippen molar-refractivity contribution in [2.75, 3.05) is 17.9 Å². The highest BCUT2D eigenvalue weighted by Crippen LogP contribution is 2.16. The van der Waals surface area contributed by atoms with Gasteiger partial charge in [0.1, 0.15) is 5.82 Å². The second kappa shape index (κ2) is 5.36. The fourth-order valence-corrected chi connectivity index (χ4v) is 1.54. The highest BCUT2D eigenvalue weighted by atomic mass is 16.5. The molecule has 0 unspecified atom stereocenters. The molecule has 8 heteroatoms. The standard InChI is InChI=1S/C11H14N6O2/c1-17-10(19-2)6-9(16-17)14-11(18)7-3-4-13-8(5-7)15-12/h3-6H,12H2,1-2H3,(H,13,15)(H,14,16,18). The van der Waals surface area contributed by atoms with Crippen molar-refractivity contribution in [1.82, 2.24) is 14.8 Å². The van der Waals surface area contributed by atoms with Crippen LogP contribution in [0.4, 0.5) is 11.6 Å². The van der Waals surface area contributed by atoms with Crippen molar-refractivity contribution in [3.63, 3.8) is 0 Å². The Hall–Kier alpha value is -2.61. The fraction of sp³-hybridized carbons (Fsp3) is 0.182. The van der Waals surface area contributed by atoms with Crippen molar-refractivity contribution in [3.8, 4) is 5.88 Å². The first-order valence-corrected chi connectivity index (χ1v) is 5.46. The van der Waals surface area contributed by atoms with E-state index in [4.69, 9.17) is 10.6 Å². The zero-order chi connectivity index (χ0) is 13.8. The summed E-state index contributed by atoms with van der Waals surface area (Å²) in [5.41, 5.74) is 2.80. The van der Waals surface area contributed by atoms with Gasteiger partial charge in [0.15, 0.2) is 5.82 Å². The number of ether oxygens (including phenoxy) is 1. The van der Waals surface area contributed by atoms with Gasteiger partial charge in [0, 0.05) is 24.9 Å². The van der Waals surface area contributed by atoms with Crippen LogP contribution in [0.3, 0.4) is 0 Å². The molecule has 19 heavy (non-hydrogen) atoms. The van der Waals surface area contributed by atoms with Crippen molar-refractivity contribution in [1.29, 1.82) is 0 Å². The molecule has 0 aliphatic rings. The maximum Gasteiger partial charge on any atom is 0.257 e. The summed E-state index contributed by atoms with van der Waals surface area (Å²) in [6.45, 7) is 0. The molecule has 2 rings (SSSR count). The van der Waals surface area contributed by atoms with Crippen LogP contribution in [0.5, 0.6) is 5.88 Å². The number of carbonyl (C=O) groups excluding carboxylic acids is 1. The topological polar surface area (TPSA) is 107 Å². The third-order valence-corrected chi connectivity index (χ3v) is 2.46. The third-order valence-electron chi connectivity index (χ3n) is 2.46. The Morgan fingerprint density at radius 1 is 1.42 bits per heavy atom. The van der Waals surface area contributed by atoms with E-state index in [9.17, 15) is 4.79 Å². The summed E-state index contributed by atoms with van der Waals surface area (Å²) >= 11 is 0. The lowest BCUT2D eigenvalue weighted by molar-refractivity contribution is 0.102. The maximum atomic E-state index is 12.0. The predicted molar refractivity (Wildman–Crippen MR) is 69.8 cm³/mol. The molecule has 0 radical (unpaired) electrons. The summed E-state index contributed by atoms with van der Waals surface area (Å²) < 4.78 is 6.58. The lowest BCUT2D eigenvalue weighted by Crippen LogP contribution is -2.14. The molecule has 0 aliphatic heterocycles. The lowest BCUT2D eigenvalue weighted by atomic mass is 10.2. The first-order valence-electron chi connectivity index (χ1n) is 5.46. The Morgan fingerprint density at radius 2 is 2.21 bits per heavy atom. The number of nitrogens with zero attached hydrogens (tertiary/aromatic N) is 3. The molecular weight excluding hydrogens is 248 g/mol. The van der Waals surface area contributed by atoms with Gasteiger partial charge in [0.25, 0.3) is 5.91 Å². The first kappa shape index (κ1) is 12.8. The molecule has 0 fully saturated rings. The normalized spacial score (nSPS) is 10.1. The summed E-state index contributed by atoms with van der Waals surface area (Å²) in [5.74, 6) is 6.30. The van der Waals surface area contributed by atoms with Crippen molar-refractivity contribution in [3.05, 3.63) is 30.0 Å². The Kier molecular flexibility index (Phi) is 3.62. The van der Waals surface area contributed by atoms with Crippen LogP contribution in [0.15, 0.2) is 24.4 Å². The number of nitrogens with one attached hydrogen (secondary N) is 2. The van der Waals surface area contributed by atoms with Crippen molar-refractivity contribution in [2.24, 2.45) is 12.9 Å². The summed E-state index contributed by atoms with van der Waals surface area (Å²) in [6.07, 6.45) is 1.49. The number of hydrogen-bond acceptors (Lipinski definition) is 6. The highest BCUT2D eigenvalue weighted by molar-refractivity contribution is 6.04. The molecule has 0 bridgehead atoms. The van der Waals surface area contributed by atoms with Crippen molar-refractivity contribution < 1.29 is 9.53 Å². The van der Waals surface area contributed by atoms with E-state index in [1.54, 1.807) is 19.2 Å². The predicted octanol–water partition coefficient (Wildman–Crippen LogP) is 0.362. The molecule has 2 heterocycles. The van der Waals surface area contributed by atoms with E-state index in [-0.39, 0.29) is 5.91 Å². The van der Waals surface area contributed by atoms with Gasteiger partial charge in [-0.2, -0.15) is 5.10 Å². The molecular formula is C11H14N6O2. The summed E-state index contributed by atoms with van der Waals surface area (Å²) in [4.78, 5) is 15.9. The molecule has 0 atom stereocenters. The third kappa shape index (κ3) is 2.80. The minimum atomic E-state index is -0.306. The molecule has 1 amide bonds. The molecule has 4 N–H and O–H groups in total.